The van der Waals surface area contributed by atoms with Gasteiger partial charge in [-0.15, -0.1) is 0 Å². The molecule has 0 aliphatic carbocycles. The van der Waals surface area contributed by atoms with E-state index in [9.17, 15) is 4.79 Å². The van der Waals surface area contributed by atoms with Gasteiger partial charge in [0, 0.05) is 15.6 Å². The Kier molecular flexibility index (Phi) is 6.51. The summed E-state index contributed by atoms with van der Waals surface area (Å²) < 4.78 is 11.2. The lowest BCUT2D eigenvalue weighted by molar-refractivity contribution is 0.104. The number of hydrogen-bond acceptors (Lipinski definition) is 3. The molecular weight excluding hydrogens is 430 g/mol. The predicted octanol–water partition coefficient (Wildman–Crippen LogP) is 7.37. The Balaban J connectivity index is 1.63. The van der Waals surface area contributed by atoms with E-state index in [1.54, 1.807) is 54.6 Å². The third kappa shape index (κ3) is 5.30. The van der Waals surface area contributed by atoms with Gasteiger partial charge in [-0.25, -0.2) is 0 Å². The van der Waals surface area contributed by atoms with E-state index in [4.69, 9.17) is 55.6 Å². The highest BCUT2D eigenvalue weighted by Crippen LogP contribution is 2.36. The Labute approximate surface area is 176 Å². The molecule has 0 aliphatic rings. The minimum Gasteiger partial charge on any atom is -0.483 e. The van der Waals surface area contributed by atoms with Gasteiger partial charge in [0.25, 0.3) is 0 Å². The SMILES string of the molecule is O=C(/C=C/c1ccc(COc2c(Cl)cc(Cl)cc2Cl)o1)c1ccc(Cl)cc1. The van der Waals surface area contributed by atoms with Crippen LogP contribution < -0.4 is 4.74 Å². The van der Waals surface area contributed by atoms with Crippen LogP contribution in [0, 0.1) is 0 Å². The molecule has 0 saturated heterocycles. The van der Waals surface area contributed by atoms with Gasteiger partial charge >= 0.3 is 0 Å². The molecule has 0 spiro atoms. The fraction of sp³-hybridized carbons (Fsp3) is 0.0500. The van der Waals surface area contributed by atoms with Crippen LogP contribution in [0.4, 0.5) is 0 Å². The minimum absolute atomic E-state index is 0.125. The maximum atomic E-state index is 12.1. The number of rotatable bonds is 6. The molecule has 27 heavy (non-hydrogen) atoms. The molecule has 0 atom stereocenters. The highest BCUT2D eigenvalue weighted by molar-refractivity contribution is 6.40. The first kappa shape index (κ1) is 19.8. The maximum absolute atomic E-state index is 12.1. The summed E-state index contributed by atoms with van der Waals surface area (Å²) in [5.41, 5.74) is 0.540. The quantitative estimate of drug-likeness (QED) is 0.296. The van der Waals surface area contributed by atoms with Crippen LogP contribution in [0.15, 0.2) is 59.0 Å². The monoisotopic (exact) mass is 440 g/mol. The van der Waals surface area contributed by atoms with Gasteiger partial charge in [-0.1, -0.05) is 46.4 Å². The summed E-state index contributed by atoms with van der Waals surface area (Å²) in [6.07, 6.45) is 3.02. The van der Waals surface area contributed by atoms with Gasteiger partial charge in [-0.3, -0.25) is 4.79 Å². The van der Waals surface area contributed by atoms with Gasteiger partial charge < -0.3 is 9.15 Å². The van der Waals surface area contributed by atoms with Crippen molar-refractivity contribution in [3.05, 3.63) is 91.8 Å². The standard InChI is InChI=1S/C20H12Cl4O3/c21-13-3-1-12(2-4-13)19(25)8-7-15-5-6-16(27-15)11-26-20-17(23)9-14(22)10-18(20)24/h1-10H,11H2/b8-7+. The first-order chi connectivity index (χ1) is 12.9. The summed E-state index contributed by atoms with van der Waals surface area (Å²) in [4.78, 5) is 12.1. The van der Waals surface area contributed by atoms with Gasteiger partial charge in [0.2, 0.25) is 0 Å². The van der Waals surface area contributed by atoms with Crippen molar-refractivity contribution in [2.45, 2.75) is 6.61 Å². The van der Waals surface area contributed by atoms with Crippen molar-refractivity contribution in [3.63, 3.8) is 0 Å². The normalized spacial score (nSPS) is 11.1. The summed E-state index contributed by atoms with van der Waals surface area (Å²) in [7, 11) is 0. The summed E-state index contributed by atoms with van der Waals surface area (Å²) in [5, 5.41) is 1.63. The van der Waals surface area contributed by atoms with Crippen molar-refractivity contribution in [1.29, 1.82) is 0 Å². The fourth-order valence-electron chi connectivity index (χ4n) is 2.24. The van der Waals surface area contributed by atoms with Crippen LogP contribution in [0.1, 0.15) is 21.9 Å². The molecule has 0 bridgehead atoms. The molecule has 3 aromatic rings. The first-order valence-corrected chi connectivity index (χ1v) is 9.27. The topological polar surface area (TPSA) is 39.4 Å². The Morgan fingerprint density at radius 2 is 1.59 bits per heavy atom. The van der Waals surface area contributed by atoms with E-state index >= 15 is 0 Å². The molecule has 7 heteroatoms. The Morgan fingerprint density at radius 1 is 0.926 bits per heavy atom. The molecule has 0 unspecified atom stereocenters. The molecule has 1 aromatic heterocycles. The van der Waals surface area contributed by atoms with Crippen molar-refractivity contribution in [2.24, 2.45) is 0 Å². The average molecular weight is 442 g/mol. The van der Waals surface area contributed by atoms with Gasteiger partial charge in [-0.2, -0.15) is 0 Å². The van der Waals surface area contributed by atoms with Crippen LogP contribution in [0.2, 0.25) is 20.1 Å². The lowest BCUT2D eigenvalue weighted by atomic mass is 10.1. The van der Waals surface area contributed by atoms with Crippen LogP contribution in [-0.4, -0.2) is 5.78 Å². The van der Waals surface area contributed by atoms with E-state index in [1.807, 2.05) is 0 Å². The van der Waals surface area contributed by atoms with Crippen LogP contribution in [0.3, 0.4) is 0 Å². The lowest BCUT2D eigenvalue weighted by Gasteiger charge is -2.08. The fourth-order valence-corrected chi connectivity index (χ4v) is 3.29. The van der Waals surface area contributed by atoms with E-state index in [2.05, 4.69) is 0 Å². The number of ketones is 1. The zero-order valence-corrected chi connectivity index (χ0v) is 16.7. The molecule has 3 nitrogen and oxygen atoms in total. The maximum Gasteiger partial charge on any atom is 0.185 e. The van der Waals surface area contributed by atoms with Gasteiger partial charge in [0.15, 0.2) is 11.5 Å². The third-order valence-corrected chi connectivity index (χ3v) is 4.56. The number of halogens is 4. The molecule has 0 radical (unpaired) electrons. The van der Waals surface area contributed by atoms with Crippen LogP contribution >= 0.6 is 46.4 Å². The Bertz CT molecular complexity index is 968. The van der Waals surface area contributed by atoms with Crippen LogP contribution in [-0.2, 0) is 6.61 Å². The van der Waals surface area contributed by atoms with Crippen molar-refractivity contribution < 1.29 is 13.9 Å². The number of furan rings is 1. The minimum atomic E-state index is -0.152. The Hall–Kier alpha value is -1.91. The van der Waals surface area contributed by atoms with E-state index in [0.717, 1.165) is 0 Å². The summed E-state index contributed by atoms with van der Waals surface area (Å²) in [6, 6.07) is 13.2. The largest absolute Gasteiger partial charge is 0.483 e. The molecule has 0 amide bonds. The van der Waals surface area contributed by atoms with Gasteiger partial charge in [0.05, 0.1) is 10.0 Å². The second-order valence-corrected chi connectivity index (χ2v) is 7.18. The molecule has 0 aliphatic heterocycles. The van der Waals surface area contributed by atoms with E-state index in [-0.39, 0.29) is 12.4 Å². The number of ether oxygens (including phenoxy) is 1. The highest BCUT2D eigenvalue weighted by atomic mass is 35.5. The van der Waals surface area contributed by atoms with Gasteiger partial charge in [0.1, 0.15) is 18.1 Å². The zero-order valence-electron chi connectivity index (χ0n) is 13.7. The van der Waals surface area contributed by atoms with Crippen LogP contribution in [0.5, 0.6) is 5.75 Å². The molecule has 1 heterocycles. The number of allylic oxidation sites excluding steroid dienone is 1. The van der Waals surface area contributed by atoms with E-state index in [1.165, 1.54) is 6.08 Å². The second-order valence-electron chi connectivity index (χ2n) is 5.50. The van der Waals surface area contributed by atoms with Crippen molar-refractivity contribution in [1.82, 2.24) is 0 Å². The smallest absolute Gasteiger partial charge is 0.185 e. The second kappa shape index (κ2) is 8.85. The molecule has 2 aromatic carbocycles. The van der Waals surface area contributed by atoms with Crippen LogP contribution in [0.25, 0.3) is 6.08 Å². The lowest BCUT2D eigenvalue weighted by Crippen LogP contribution is -1.95. The molecule has 3 rings (SSSR count). The van der Waals surface area contributed by atoms with E-state index < -0.39 is 0 Å². The number of carbonyl (C=O) groups excluding carboxylic acids is 1. The first-order valence-electron chi connectivity index (χ1n) is 7.76. The van der Waals surface area contributed by atoms with Crippen molar-refractivity contribution in [2.75, 3.05) is 0 Å². The zero-order chi connectivity index (χ0) is 19.4. The Morgan fingerprint density at radius 3 is 2.26 bits per heavy atom. The molecule has 0 N–H and O–H groups in total. The summed E-state index contributed by atoms with van der Waals surface area (Å²) in [6.45, 7) is 0.125. The molecule has 138 valence electrons. The third-order valence-electron chi connectivity index (χ3n) is 3.53. The molecule has 0 fully saturated rings. The number of hydrogen-bond donors (Lipinski definition) is 0. The summed E-state index contributed by atoms with van der Waals surface area (Å²) >= 11 is 23.8. The predicted molar refractivity (Wildman–Crippen MR) is 109 cm³/mol. The van der Waals surface area contributed by atoms with Crippen molar-refractivity contribution in [3.8, 4) is 5.75 Å². The van der Waals surface area contributed by atoms with Crippen molar-refractivity contribution >= 4 is 58.3 Å². The van der Waals surface area contributed by atoms with E-state index in [0.29, 0.717) is 42.9 Å². The van der Waals surface area contributed by atoms with Gasteiger partial charge in [-0.05, 0) is 60.7 Å². The molecular formula is C20H12Cl4O3. The average Bonchev–Trinajstić information content (AvgIpc) is 3.07. The number of benzene rings is 2. The summed E-state index contributed by atoms with van der Waals surface area (Å²) in [5.74, 6) is 1.25. The number of carbonyl (C=O) groups is 1. The highest BCUT2D eigenvalue weighted by Gasteiger charge is 2.11. The molecule has 0 saturated carbocycles.